The zero-order chi connectivity index (χ0) is 24.9. The van der Waals surface area contributed by atoms with Crippen LogP contribution in [-0.2, 0) is 11.3 Å². The van der Waals surface area contributed by atoms with Crippen molar-refractivity contribution in [1.82, 2.24) is 5.32 Å². The van der Waals surface area contributed by atoms with Gasteiger partial charge in [0, 0.05) is 30.2 Å². The number of carbonyl (C=O) groups is 1. The lowest BCUT2D eigenvalue weighted by Crippen LogP contribution is -2.23. The van der Waals surface area contributed by atoms with E-state index < -0.39 is 0 Å². The van der Waals surface area contributed by atoms with Crippen LogP contribution < -0.4 is 19.5 Å². The number of ether oxygens (including phenoxy) is 4. The molecule has 0 radical (unpaired) electrons. The van der Waals surface area contributed by atoms with Gasteiger partial charge in [-0.3, -0.25) is 4.79 Å². The number of methoxy groups -OCH3 is 2. The van der Waals surface area contributed by atoms with Crippen molar-refractivity contribution in [3.05, 3.63) is 78.1 Å². The lowest BCUT2D eigenvalue weighted by atomic mass is 10.0. The van der Waals surface area contributed by atoms with Crippen LogP contribution in [0.2, 0.25) is 0 Å². The first-order valence-corrected chi connectivity index (χ1v) is 12.0. The summed E-state index contributed by atoms with van der Waals surface area (Å²) in [4.78, 5) is 13.3. The van der Waals surface area contributed by atoms with Crippen molar-refractivity contribution in [3.63, 3.8) is 0 Å². The van der Waals surface area contributed by atoms with Gasteiger partial charge in [-0.15, -0.1) is 0 Å². The minimum absolute atomic E-state index is 0.122. The maximum absolute atomic E-state index is 13.3. The molecule has 1 aromatic heterocycles. The van der Waals surface area contributed by atoms with Gasteiger partial charge in [0.25, 0.3) is 5.91 Å². The summed E-state index contributed by atoms with van der Waals surface area (Å²) in [5, 5.41) is 3.83. The van der Waals surface area contributed by atoms with Gasteiger partial charge in [-0.2, -0.15) is 0 Å². The minimum Gasteiger partial charge on any atom is -0.497 e. The quantitative estimate of drug-likeness (QED) is 0.331. The molecular weight excluding hydrogens is 458 g/mol. The SMILES string of the molecule is COc1ccc2c(-c3ccccc3)c(C(=O)NCc3ccc(OCC4CCCO4)c(OC)c3)oc2c1. The molecular formula is C29H29NO6. The molecule has 1 amide bonds. The molecule has 0 saturated carbocycles. The number of nitrogens with one attached hydrogen (secondary N) is 1. The number of carbonyl (C=O) groups excluding carboxylic acids is 1. The number of benzene rings is 3. The molecule has 7 nitrogen and oxygen atoms in total. The fourth-order valence-corrected chi connectivity index (χ4v) is 4.42. The molecule has 0 aliphatic carbocycles. The third kappa shape index (κ3) is 5.02. The smallest absolute Gasteiger partial charge is 0.287 e. The fraction of sp³-hybridized carbons (Fsp3) is 0.276. The lowest BCUT2D eigenvalue weighted by Gasteiger charge is -2.15. The number of hydrogen-bond donors (Lipinski definition) is 1. The van der Waals surface area contributed by atoms with Gasteiger partial charge in [0.2, 0.25) is 5.76 Å². The highest BCUT2D eigenvalue weighted by Gasteiger charge is 2.22. The molecule has 4 aromatic rings. The molecule has 1 aliphatic rings. The van der Waals surface area contributed by atoms with Crippen molar-refractivity contribution in [1.29, 1.82) is 0 Å². The Hall–Kier alpha value is -3.97. The first-order valence-electron chi connectivity index (χ1n) is 12.0. The largest absolute Gasteiger partial charge is 0.497 e. The van der Waals surface area contributed by atoms with Crippen LogP contribution in [0.4, 0.5) is 0 Å². The molecule has 2 heterocycles. The molecule has 7 heteroatoms. The monoisotopic (exact) mass is 487 g/mol. The van der Waals surface area contributed by atoms with Gasteiger partial charge in [0.15, 0.2) is 11.5 Å². The number of fused-ring (bicyclic) bond motifs is 1. The van der Waals surface area contributed by atoms with Crippen molar-refractivity contribution in [3.8, 4) is 28.4 Å². The Kier molecular flexibility index (Phi) is 7.09. The second-order valence-corrected chi connectivity index (χ2v) is 8.65. The second kappa shape index (κ2) is 10.7. The topological polar surface area (TPSA) is 79.2 Å². The van der Waals surface area contributed by atoms with Gasteiger partial charge in [0.05, 0.1) is 20.3 Å². The molecule has 36 heavy (non-hydrogen) atoms. The van der Waals surface area contributed by atoms with E-state index in [0.29, 0.717) is 36.0 Å². The summed E-state index contributed by atoms with van der Waals surface area (Å²) < 4.78 is 28.4. The van der Waals surface area contributed by atoms with Crippen molar-refractivity contribution in [2.45, 2.75) is 25.5 Å². The summed E-state index contributed by atoms with van der Waals surface area (Å²) in [7, 11) is 3.20. The van der Waals surface area contributed by atoms with Crippen LogP contribution in [-0.4, -0.2) is 39.4 Å². The Balaban J connectivity index is 1.35. The zero-order valence-electron chi connectivity index (χ0n) is 20.4. The van der Waals surface area contributed by atoms with Gasteiger partial charge in [-0.1, -0.05) is 36.4 Å². The van der Waals surface area contributed by atoms with E-state index in [0.717, 1.165) is 41.5 Å². The van der Waals surface area contributed by atoms with Crippen molar-refractivity contribution in [2.75, 3.05) is 27.4 Å². The average Bonchev–Trinajstić information content (AvgIpc) is 3.58. The average molecular weight is 488 g/mol. The molecule has 0 bridgehead atoms. The van der Waals surface area contributed by atoms with E-state index in [-0.39, 0.29) is 17.8 Å². The summed E-state index contributed by atoms with van der Waals surface area (Å²) in [6, 6.07) is 21.0. The van der Waals surface area contributed by atoms with Crippen LogP contribution in [0, 0.1) is 0 Å². The number of rotatable bonds is 9. The summed E-state index contributed by atoms with van der Waals surface area (Å²) >= 11 is 0. The standard InChI is InChI=1S/C29H29NO6/c1-32-21-11-12-23-25(16-21)36-28(27(23)20-7-4-3-5-8-20)29(31)30-17-19-10-13-24(26(15-19)33-2)35-18-22-9-6-14-34-22/h3-5,7-8,10-13,15-16,22H,6,9,14,17-18H2,1-2H3,(H,30,31). The van der Waals surface area contributed by atoms with Gasteiger partial charge in [-0.25, -0.2) is 0 Å². The van der Waals surface area contributed by atoms with Gasteiger partial charge < -0.3 is 28.7 Å². The van der Waals surface area contributed by atoms with Gasteiger partial charge >= 0.3 is 0 Å². The molecule has 1 saturated heterocycles. The minimum atomic E-state index is -0.304. The Labute approximate surface area is 209 Å². The highest BCUT2D eigenvalue weighted by atomic mass is 16.5. The van der Waals surface area contributed by atoms with E-state index in [2.05, 4.69) is 5.32 Å². The van der Waals surface area contributed by atoms with Gasteiger partial charge in [-0.05, 0) is 48.2 Å². The van der Waals surface area contributed by atoms with E-state index in [9.17, 15) is 4.79 Å². The third-order valence-electron chi connectivity index (χ3n) is 6.30. The predicted molar refractivity (Wildman–Crippen MR) is 137 cm³/mol. The van der Waals surface area contributed by atoms with Crippen LogP contribution in [0.1, 0.15) is 29.0 Å². The van der Waals surface area contributed by atoms with E-state index >= 15 is 0 Å². The van der Waals surface area contributed by atoms with Crippen LogP contribution in [0.25, 0.3) is 22.1 Å². The second-order valence-electron chi connectivity index (χ2n) is 8.65. The molecule has 186 valence electrons. The first kappa shape index (κ1) is 23.8. The Morgan fingerprint density at radius 2 is 1.86 bits per heavy atom. The van der Waals surface area contributed by atoms with Crippen molar-refractivity contribution >= 4 is 16.9 Å². The predicted octanol–water partition coefficient (Wildman–Crippen LogP) is 5.60. The summed E-state index contributed by atoms with van der Waals surface area (Å²) in [6.45, 7) is 1.58. The molecule has 1 N–H and O–H groups in total. The third-order valence-corrected chi connectivity index (χ3v) is 6.30. The van der Waals surface area contributed by atoms with Gasteiger partial charge in [0.1, 0.15) is 17.9 Å². The molecule has 1 aliphatic heterocycles. The lowest BCUT2D eigenvalue weighted by molar-refractivity contribution is 0.0669. The van der Waals surface area contributed by atoms with E-state index in [4.69, 9.17) is 23.4 Å². The summed E-state index contributed by atoms with van der Waals surface area (Å²) in [6.07, 6.45) is 2.19. The molecule has 1 atom stereocenters. The maximum atomic E-state index is 13.3. The normalized spacial score (nSPS) is 15.1. The van der Waals surface area contributed by atoms with E-state index in [1.807, 2.05) is 60.7 Å². The number of furan rings is 1. The van der Waals surface area contributed by atoms with Crippen molar-refractivity contribution in [2.24, 2.45) is 0 Å². The molecule has 0 spiro atoms. The highest BCUT2D eigenvalue weighted by Crippen LogP contribution is 2.36. The van der Waals surface area contributed by atoms with Crippen molar-refractivity contribution < 1.29 is 28.2 Å². The number of hydrogen-bond acceptors (Lipinski definition) is 6. The molecule has 1 unspecified atom stereocenters. The molecule has 5 rings (SSSR count). The fourth-order valence-electron chi connectivity index (χ4n) is 4.42. The molecule has 3 aromatic carbocycles. The maximum Gasteiger partial charge on any atom is 0.287 e. The van der Waals surface area contributed by atoms with Crippen LogP contribution in [0.5, 0.6) is 17.2 Å². The van der Waals surface area contributed by atoms with E-state index in [1.54, 1.807) is 20.3 Å². The Bertz CT molecular complexity index is 1340. The van der Waals surface area contributed by atoms with Crippen LogP contribution in [0.3, 0.4) is 0 Å². The Morgan fingerprint density at radius 1 is 1.00 bits per heavy atom. The summed E-state index contributed by atoms with van der Waals surface area (Å²) in [5.74, 6) is 1.88. The first-order chi connectivity index (χ1) is 17.7. The number of amides is 1. The Morgan fingerprint density at radius 3 is 2.61 bits per heavy atom. The van der Waals surface area contributed by atoms with E-state index in [1.165, 1.54) is 0 Å². The zero-order valence-corrected chi connectivity index (χ0v) is 20.4. The summed E-state index contributed by atoms with van der Waals surface area (Å²) in [5.41, 5.74) is 3.12. The van der Waals surface area contributed by atoms with Crippen LogP contribution >= 0.6 is 0 Å². The highest BCUT2D eigenvalue weighted by molar-refractivity contribution is 6.08. The van der Waals surface area contributed by atoms with Crippen LogP contribution in [0.15, 0.2) is 71.1 Å². The molecule has 1 fully saturated rings.